The third kappa shape index (κ3) is 4.88. The molecule has 0 bridgehead atoms. The number of rotatable bonds is 6. The number of nitrogens with one attached hydrogen (secondary N) is 1. The van der Waals surface area contributed by atoms with E-state index in [0.717, 1.165) is 0 Å². The summed E-state index contributed by atoms with van der Waals surface area (Å²) in [6.07, 6.45) is 0. The molecule has 92 valence electrons. The lowest BCUT2D eigenvalue weighted by atomic mass is 9.88. The molecule has 0 saturated heterocycles. The second kappa shape index (κ2) is 6.27. The van der Waals surface area contributed by atoms with Crippen molar-refractivity contribution in [3.8, 4) is 5.75 Å². The quantitative estimate of drug-likeness (QED) is 0.639. The molecule has 1 unspecified atom stereocenters. The summed E-state index contributed by atoms with van der Waals surface area (Å²) >= 11 is 0. The van der Waals surface area contributed by atoms with Gasteiger partial charge in [0.1, 0.15) is 12.4 Å². The van der Waals surface area contributed by atoms with Crippen LogP contribution in [0.4, 0.5) is 0 Å². The van der Waals surface area contributed by atoms with Crippen molar-refractivity contribution in [3.05, 3.63) is 29.8 Å². The van der Waals surface area contributed by atoms with Crippen LogP contribution in [0.1, 0.15) is 17.3 Å². The van der Waals surface area contributed by atoms with Crippen molar-refractivity contribution in [3.63, 3.8) is 0 Å². The molecule has 0 aliphatic heterocycles. The molecule has 1 aromatic rings. The summed E-state index contributed by atoms with van der Waals surface area (Å²) in [5.74, 6) is -0.477. The minimum atomic E-state index is -0.981. The first-order valence-corrected chi connectivity index (χ1v) is 5.39. The van der Waals surface area contributed by atoms with Crippen molar-refractivity contribution in [2.45, 2.75) is 19.8 Å². The highest BCUT2D eigenvalue weighted by Gasteiger charge is 2.09. The molecule has 0 aliphatic carbocycles. The van der Waals surface area contributed by atoms with Gasteiger partial charge in [-0.25, -0.2) is 4.79 Å². The van der Waals surface area contributed by atoms with Crippen molar-refractivity contribution >= 4 is 13.0 Å². The lowest BCUT2D eigenvalue weighted by Gasteiger charge is -2.15. The first-order chi connectivity index (χ1) is 7.99. The minimum Gasteiger partial charge on any atom is -0.492 e. The molecule has 0 aromatic heterocycles. The Hall–Kier alpha value is -1.53. The van der Waals surface area contributed by atoms with Crippen LogP contribution in [0.3, 0.4) is 0 Å². The maximum absolute atomic E-state index is 10.7. The molecule has 0 radical (unpaired) electrons. The fourth-order valence-electron chi connectivity index (χ4n) is 1.40. The Bertz CT molecular complexity index is 383. The van der Waals surface area contributed by atoms with Crippen molar-refractivity contribution in [1.82, 2.24) is 5.23 Å². The van der Waals surface area contributed by atoms with Crippen molar-refractivity contribution in [2.24, 2.45) is 0 Å². The largest absolute Gasteiger partial charge is 0.492 e. The van der Waals surface area contributed by atoms with Crippen molar-refractivity contribution < 1.29 is 19.7 Å². The molecule has 5 nitrogen and oxygen atoms in total. The van der Waals surface area contributed by atoms with E-state index in [0.29, 0.717) is 12.4 Å². The molecule has 17 heavy (non-hydrogen) atoms. The van der Waals surface area contributed by atoms with Gasteiger partial charge in [0.25, 0.3) is 0 Å². The monoisotopic (exact) mass is 237 g/mol. The first kappa shape index (κ1) is 13.5. The highest BCUT2D eigenvalue weighted by atomic mass is 16.5. The maximum Gasteiger partial charge on any atom is 0.373 e. The number of benzene rings is 1. The average molecular weight is 237 g/mol. The summed E-state index contributed by atoms with van der Waals surface area (Å²) < 4.78 is 5.42. The number of carboxylic acid groups (broad SMARTS) is 1. The molecule has 0 aliphatic rings. The first-order valence-electron chi connectivity index (χ1n) is 5.39. The van der Waals surface area contributed by atoms with E-state index in [2.05, 4.69) is 5.23 Å². The topological polar surface area (TPSA) is 78.8 Å². The van der Waals surface area contributed by atoms with E-state index in [1.807, 2.05) is 6.92 Å². The summed E-state index contributed by atoms with van der Waals surface area (Å²) in [5.41, 5.74) is 0.193. The zero-order valence-electron chi connectivity index (χ0n) is 9.88. The van der Waals surface area contributed by atoms with Gasteiger partial charge in [0.05, 0.1) is 5.56 Å². The zero-order valence-corrected chi connectivity index (χ0v) is 9.88. The van der Waals surface area contributed by atoms with Crippen molar-refractivity contribution in [2.75, 3.05) is 6.61 Å². The van der Waals surface area contributed by atoms with Crippen molar-refractivity contribution in [1.29, 1.82) is 0 Å². The number of aromatic carboxylic acids is 1. The number of hydrogen-bond donors (Lipinski definition) is 3. The maximum atomic E-state index is 10.7. The van der Waals surface area contributed by atoms with Gasteiger partial charge in [-0.3, -0.25) is 0 Å². The Kier molecular flexibility index (Phi) is 4.99. The Balaban J connectivity index is 2.51. The number of ether oxygens (including phenoxy) is 1. The van der Waals surface area contributed by atoms with Gasteiger partial charge in [-0.15, -0.1) is 0 Å². The lowest BCUT2D eigenvalue weighted by molar-refractivity contribution is 0.0696. The van der Waals surface area contributed by atoms with Crippen LogP contribution < -0.4 is 9.96 Å². The van der Waals surface area contributed by atoms with E-state index in [4.69, 9.17) is 14.9 Å². The van der Waals surface area contributed by atoms with Gasteiger partial charge in [-0.1, -0.05) is 6.07 Å². The van der Waals surface area contributed by atoms with Crippen LogP contribution >= 0.6 is 0 Å². The lowest BCUT2D eigenvalue weighted by Crippen LogP contribution is -2.41. The summed E-state index contributed by atoms with van der Waals surface area (Å²) in [4.78, 5) is 10.7. The average Bonchev–Trinajstić information content (AvgIpc) is 2.26. The van der Waals surface area contributed by atoms with Gasteiger partial charge >= 0.3 is 13.0 Å². The number of carboxylic acids is 1. The Labute approximate surface area is 101 Å². The van der Waals surface area contributed by atoms with Crippen LogP contribution in [0.15, 0.2) is 24.3 Å². The van der Waals surface area contributed by atoms with E-state index in [1.54, 1.807) is 19.0 Å². The molecule has 0 saturated carbocycles. The van der Waals surface area contributed by atoms with Gasteiger partial charge in [0.2, 0.25) is 0 Å². The fourth-order valence-corrected chi connectivity index (χ4v) is 1.40. The second-order valence-corrected chi connectivity index (χ2v) is 3.89. The molecule has 0 amide bonds. The molecule has 0 spiro atoms. The standard InChI is InChI=1S/C11H16BNO4/c1-8(13-12(2)16)7-17-10-5-3-4-9(6-10)11(14)15/h3-6,8,13,16H,7H2,1-2H3,(H,14,15). The molecule has 1 rings (SSSR count). The van der Waals surface area contributed by atoms with Gasteiger partial charge in [0.15, 0.2) is 0 Å². The van der Waals surface area contributed by atoms with Gasteiger partial charge in [0, 0.05) is 6.04 Å². The van der Waals surface area contributed by atoms with E-state index in [1.165, 1.54) is 12.1 Å². The third-order valence-corrected chi connectivity index (χ3v) is 2.11. The second-order valence-electron chi connectivity index (χ2n) is 3.89. The fraction of sp³-hybridized carbons (Fsp3) is 0.364. The molecule has 1 aromatic carbocycles. The third-order valence-electron chi connectivity index (χ3n) is 2.11. The van der Waals surface area contributed by atoms with E-state index in [-0.39, 0.29) is 11.6 Å². The summed E-state index contributed by atoms with van der Waals surface area (Å²) in [7, 11) is -0.598. The highest BCUT2D eigenvalue weighted by molar-refractivity contribution is 6.45. The Morgan fingerprint density at radius 2 is 2.29 bits per heavy atom. The highest BCUT2D eigenvalue weighted by Crippen LogP contribution is 2.13. The number of carbonyl (C=O) groups is 1. The SMILES string of the molecule is CB(O)NC(C)COc1cccc(C(=O)O)c1. The van der Waals surface area contributed by atoms with Crippen LogP contribution in [0.5, 0.6) is 5.75 Å². The van der Waals surface area contributed by atoms with Gasteiger partial charge in [-0.2, -0.15) is 0 Å². The molecule has 0 fully saturated rings. The smallest absolute Gasteiger partial charge is 0.373 e. The Morgan fingerprint density at radius 1 is 1.59 bits per heavy atom. The normalized spacial score (nSPS) is 11.9. The van der Waals surface area contributed by atoms with E-state index < -0.39 is 13.0 Å². The minimum absolute atomic E-state index is 0.0246. The molecule has 6 heteroatoms. The predicted molar refractivity (Wildman–Crippen MR) is 65.3 cm³/mol. The van der Waals surface area contributed by atoms with Crippen LogP contribution in [0, 0.1) is 0 Å². The summed E-state index contributed by atoms with van der Waals surface area (Å²) in [5, 5.41) is 20.8. The Morgan fingerprint density at radius 3 is 2.88 bits per heavy atom. The molecular weight excluding hydrogens is 221 g/mol. The number of hydrogen-bond acceptors (Lipinski definition) is 4. The van der Waals surface area contributed by atoms with Crippen LogP contribution in [0.2, 0.25) is 6.82 Å². The van der Waals surface area contributed by atoms with Crippen LogP contribution in [-0.2, 0) is 0 Å². The summed E-state index contributed by atoms with van der Waals surface area (Å²) in [6, 6.07) is 6.28. The van der Waals surface area contributed by atoms with Gasteiger partial charge < -0.3 is 20.1 Å². The molecular formula is C11H16BNO4. The molecule has 0 heterocycles. The van der Waals surface area contributed by atoms with E-state index in [9.17, 15) is 4.79 Å². The predicted octanol–water partition coefficient (Wildman–Crippen LogP) is 0.852. The van der Waals surface area contributed by atoms with Gasteiger partial charge in [-0.05, 0) is 31.9 Å². The van der Waals surface area contributed by atoms with Crippen LogP contribution in [0.25, 0.3) is 0 Å². The van der Waals surface area contributed by atoms with Crippen LogP contribution in [-0.4, -0.2) is 35.8 Å². The van der Waals surface area contributed by atoms with E-state index >= 15 is 0 Å². The molecule has 3 N–H and O–H groups in total. The zero-order chi connectivity index (χ0) is 12.8. The summed E-state index contributed by atoms with van der Waals surface area (Å²) in [6.45, 7) is 3.85. The molecule has 1 atom stereocenters.